The summed E-state index contributed by atoms with van der Waals surface area (Å²) in [6.07, 6.45) is 1.32. The molecule has 0 unspecified atom stereocenters. The Kier molecular flexibility index (Phi) is 6.35. The Morgan fingerprint density at radius 3 is 2.45 bits per heavy atom. The summed E-state index contributed by atoms with van der Waals surface area (Å²) in [5.41, 5.74) is 0.982. The first kappa shape index (κ1) is 21.4. The summed E-state index contributed by atoms with van der Waals surface area (Å²) in [5.74, 6) is 0.749. The molecule has 1 N–H and O–H groups in total. The molecule has 29 heavy (non-hydrogen) atoms. The number of nitrogens with one attached hydrogen (secondary N) is 1. The number of rotatable bonds is 7. The van der Waals surface area contributed by atoms with Gasteiger partial charge in [0.15, 0.2) is 0 Å². The fourth-order valence-corrected chi connectivity index (χ4v) is 6.03. The van der Waals surface area contributed by atoms with Crippen LogP contribution in [0.15, 0.2) is 47.4 Å². The van der Waals surface area contributed by atoms with Crippen molar-refractivity contribution in [3.63, 3.8) is 0 Å². The van der Waals surface area contributed by atoms with Crippen LogP contribution in [-0.4, -0.2) is 43.4 Å². The van der Waals surface area contributed by atoms with Crippen molar-refractivity contribution in [2.24, 2.45) is 0 Å². The van der Waals surface area contributed by atoms with Gasteiger partial charge in [-0.15, -0.1) is 0 Å². The van der Waals surface area contributed by atoms with Crippen LogP contribution in [0.3, 0.4) is 0 Å². The first-order chi connectivity index (χ1) is 13.8. The van der Waals surface area contributed by atoms with Gasteiger partial charge < -0.3 is 9.47 Å². The molecular weight excluding hydrogens is 416 g/mol. The molecule has 0 aromatic heterocycles. The fourth-order valence-electron chi connectivity index (χ4n) is 3.21. The molecule has 1 saturated heterocycles. The van der Waals surface area contributed by atoms with Gasteiger partial charge in [0.05, 0.1) is 25.7 Å². The van der Waals surface area contributed by atoms with E-state index < -0.39 is 20.0 Å². The average molecular weight is 441 g/mol. The van der Waals surface area contributed by atoms with Gasteiger partial charge in [0.1, 0.15) is 16.4 Å². The zero-order chi connectivity index (χ0) is 21.1. The van der Waals surface area contributed by atoms with Crippen LogP contribution in [0.25, 0.3) is 0 Å². The molecule has 10 heteroatoms. The van der Waals surface area contributed by atoms with Gasteiger partial charge in [-0.05, 0) is 37.1 Å². The van der Waals surface area contributed by atoms with Crippen LogP contribution in [0.5, 0.6) is 11.5 Å². The van der Waals surface area contributed by atoms with Crippen molar-refractivity contribution in [3.05, 3.63) is 48.0 Å². The van der Waals surface area contributed by atoms with E-state index in [9.17, 15) is 16.8 Å². The maximum atomic E-state index is 13.0. The van der Waals surface area contributed by atoms with Crippen molar-refractivity contribution in [2.75, 3.05) is 30.8 Å². The van der Waals surface area contributed by atoms with Crippen LogP contribution >= 0.6 is 0 Å². The second-order valence-corrected chi connectivity index (χ2v) is 10.3. The van der Waals surface area contributed by atoms with E-state index in [4.69, 9.17) is 9.47 Å². The molecule has 0 atom stereocenters. The van der Waals surface area contributed by atoms with Crippen LogP contribution in [0.2, 0.25) is 0 Å². The standard InChI is InChI=1S/C19H24N2O6S2/c1-26-17-8-4-3-7-15(17)14-20-29(24,25)19-13-16(9-10-18(19)27-2)21-11-5-6-12-28(21,22)23/h3-4,7-10,13,20H,5-6,11-12,14H2,1-2H3. The molecule has 1 aliphatic rings. The lowest BCUT2D eigenvalue weighted by Crippen LogP contribution is -2.38. The highest BCUT2D eigenvalue weighted by molar-refractivity contribution is 7.92. The van der Waals surface area contributed by atoms with E-state index >= 15 is 0 Å². The van der Waals surface area contributed by atoms with Crippen molar-refractivity contribution in [1.29, 1.82) is 0 Å². The van der Waals surface area contributed by atoms with Gasteiger partial charge in [-0.2, -0.15) is 0 Å². The number of hydrogen-bond acceptors (Lipinski definition) is 6. The lowest BCUT2D eigenvalue weighted by atomic mass is 10.2. The molecule has 1 heterocycles. The molecule has 0 bridgehead atoms. The Hall–Kier alpha value is -2.30. The lowest BCUT2D eigenvalue weighted by Gasteiger charge is -2.28. The second kappa shape index (κ2) is 8.60. The zero-order valence-electron chi connectivity index (χ0n) is 16.3. The minimum absolute atomic E-state index is 0.0156. The van der Waals surface area contributed by atoms with Crippen LogP contribution in [0, 0.1) is 0 Å². The summed E-state index contributed by atoms with van der Waals surface area (Å²) >= 11 is 0. The van der Waals surface area contributed by atoms with Gasteiger partial charge >= 0.3 is 0 Å². The average Bonchev–Trinajstić information content (AvgIpc) is 2.71. The molecule has 2 aromatic carbocycles. The molecule has 2 aromatic rings. The SMILES string of the molecule is COc1ccccc1CNS(=O)(=O)c1cc(N2CCCCS2(=O)=O)ccc1OC. The molecule has 0 spiro atoms. The molecule has 0 amide bonds. The maximum Gasteiger partial charge on any atom is 0.244 e. The summed E-state index contributed by atoms with van der Waals surface area (Å²) in [6.45, 7) is 0.338. The maximum absolute atomic E-state index is 13.0. The topological polar surface area (TPSA) is 102 Å². The van der Waals surface area contributed by atoms with Crippen LogP contribution in [0.4, 0.5) is 5.69 Å². The van der Waals surface area contributed by atoms with Gasteiger partial charge in [0.25, 0.3) is 0 Å². The highest BCUT2D eigenvalue weighted by Gasteiger charge is 2.28. The predicted octanol–water partition coefficient (Wildman–Crippen LogP) is 2.11. The number of methoxy groups -OCH3 is 2. The summed E-state index contributed by atoms with van der Waals surface area (Å²) in [4.78, 5) is -0.117. The molecule has 3 rings (SSSR count). The van der Waals surface area contributed by atoms with Gasteiger partial charge in [0, 0.05) is 18.7 Å². The van der Waals surface area contributed by atoms with Gasteiger partial charge in [-0.3, -0.25) is 4.31 Å². The largest absolute Gasteiger partial charge is 0.496 e. The lowest BCUT2D eigenvalue weighted by molar-refractivity contribution is 0.402. The molecule has 158 valence electrons. The quantitative estimate of drug-likeness (QED) is 0.708. The molecular formula is C19H24N2O6S2. The van der Waals surface area contributed by atoms with E-state index in [2.05, 4.69) is 4.72 Å². The highest BCUT2D eigenvalue weighted by atomic mass is 32.2. The number of benzene rings is 2. The first-order valence-corrected chi connectivity index (χ1v) is 12.2. The minimum Gasteiger partial charge on any atom is -0.496 e. The Morgan fingerprint density at radius 1 is 1.03 bits per heavy atom. The van der Waals surface area contributed by atoms with Crippen LogP contribution in [-0.2, 0) is 26.6 Å². The van der Waals surface area contributed by atoms with Crippen molar-refractivity contribution in [1.82, 2.24) is 4.72 Å². The van der Waals surface area contributed by atoms with Crippen molar-refractivity contribution >= 4 is 25.7 Å². The van der Waals surface area contributed by atoms with E-state index in [-0.39, 0.29) is 22.9 Å². The minimum atomic E-state index is -3.98. The predicted molar refractivity (Wildman–Crippen MR) is 110 cm³/mol. The third-order valence-electron chi connectivity index (χ3n) is 4.72. The van der Waals surface area contributed by atoms with Gasteiger partial charge in [-0.25, -0.2) is 21.6 Å². The molecule has 0 aliphatic carbocycles. The number of nitrogens with zero attached hydrogens (tertiary/aromatic N) is 1. The van der Waals surface area contributed by atoms with E-state index in [1.807, 2.05) is 0 Å². The van der Waals surface area contributed by atoms with Gasteiger partial charge in [-0.1, -0.05) is 18.2 Å². The fraction of sp³-hybridized carbons (Fsp3) is 0.368. The summed E-state index contributed by atoms with van der Waals surface area (Å²) in [7, 11) is -4.56. The Labute approximate surface area is 171 Å². The number of ether oxygens (including phenoxy) is 2. The highest BCUT2D eigenvalue weighted by Crippen LogP contribution is 2.32. The van der Waals surface area contributed by atoms with Crippen molar-refractivity contribution in [2.45, 2.75) is 24.3 Å². The van der Waals surface area contributed by atoms with E-state index in [1.165, 1.54) is 30.7 Å². The summed E-state index contributed by atoms with van der Waals surface area (Å²) < 4.78 is 65.0. The van der Waals surface area contributed by atoms with E-state index in [0.717, 1.165) is 6.42 Å². The van der Waals surface area contributed by atoms with E-state index in [0.29, 0.717) is 30.0 Å². The van der Waals surface area contributed by atoms with Crippen molar-refractivity contribution in [3.8, 4) is 11.5 Å². The Morgan fingerprint density at radius 2 is 1.76 bits per heavy atom. The molecule has 1 fully saturated rings. The third kappa shape index (κ3) is 4.65. The van der Waals surface area contributed by atoms with E-state index in [1.54, 1.807) is 30.3 Å². The molecule has 0 saturated carbocycles. The molecule has 0 radical (unpaired) electrons. The molecule has 8 nitrogen and oxygen atoms in total. The number of anilines is 1. The van der Waals surface area contributed by atoms with Crippen LogP contribution in [0.1, 0.15) is 18.4 Å². The number of sulfonamides is 2. The number of para-hydroxylation sites is 1. The summed E-state index contributed by atoms with van der Waals surface area (Å²) in [5, 5.41) is 0. The van der Waals surface area contributed by atoms with Gasteiger partial charge in [0.2, 0.25) is 20.0 Å². The smallest absolute Gasteiger partial charge is 0.244 e. The van der Waals surface area contributed by atoms with Crippen LogP contribution < -0.4 is 18.5 Å². The normalized spacial score (nSPS) is 16.4. The Bertz CT molecular complexity index is 1080. The Balaban J connectivity index is 1.93. The third-order valence-corrected chi connectivity index (χ3v) is 8.01. The first-order valence-electron chi connectivity index (χ1n) is 9.08. The number of hydrogen-bond donors (Lipinski definition) is 1. The zero-order valence-corrected chi connectivity index (χ0v) is 17.9. The summed E-state index contributed by atoms with van der Waals surface area (Å²) in [6, 6.07) is 11.4. The molecule has 1 aliphatic heterocycles. The van der Waals surface area contributed by atoms with Crippen molar-refractivity contribution < 1.29 is 26.3 Å². The monoisotopic (exact) mass is 440 g/mol. The second-order valence-electron chi connectivity index (χ2n) is 6.57.